The molecule has 0 saturated carbocycles. The maximum atomic E-state index is 5.04. The Morgan fingerprint density at radius 2 is 2.00 bits per heavy atom. The Morgan fingerprint density at radius 1 is 1.26 bits per heavy atom. The van der Waals surface area contributed by atoms with E-state index in [0.29, 0.717) is 6.04 Å². The van der Waals surface area contributed by atoms with Crippen molar-refractivity contribution in [2.24, 2.45) is 0 Å². The highest BCUT2D eigenvalue weighted by Gasteiger charge is 2.09. The van der Waals surface area contributed by atoms with E-state index >= 15 is 0 Å². The Labute approximate surface area is 121 Å². The number of ether oxygens (including phenoxy) is 1. The Balaban J connectivity index is 0.00000180. The third-order valence-corrected chi connectivity index (χ3v) is 3.18. The summed E-state index contributed by atoms with van der Waals surface area (Å²) < 4.78 is 7.38. The summed E-state index contributed by atoms with van der Waals surface area (Å²) in [6.45, 7) is 6.97. The molecule has 1 heterocycles. The van der Waals surface area contributed by atoms with Gasteiger partial charge in [-0.25, -0.2) is 0 Å². The van der Waals surface area contributed by atoms with Gasteiger partial charge in [0.25, 0.3) is 0 Å². The first-order chi connectivity index (χ1) is 8.74. The fraction of sp³-hybridized carbons (Fsp3) is 0.467. The van der Waals surface area contributed by atoms with Gasteiger partial charge in [0, 0.05) is 43.3 Å². The van der Waals surface area contributed by atoms with Crippen molar-refractivity contribution in [1.29, 1.82) is 0 Å². The molecule has 0 spiro atoms. The minimum absolute atomic E-state index is 0. The zero-order valence-corrected chi connectivity index (χ0v) is 12.7. The molecule has 19 heavy (non-hydrogen) atoms. The van der Waals surface area contributed by atoms with Crippen molar-refractivity contribution >= 4 is 23.3 Å². The van der Waals surface area contributed by atoms with Crippen LogP contribution in [0.5, 0.6) is 0 Å². The molecule has 0 bridgehead atoms. The number of aromatic nitrogens is 1. The number of benzene rings is 1. The van der Waals surface area contributed by atoms with Crippen molar-refractivity contribution in [1.82, 2.24) is 9.88 Å². The summed E-state index contributed by atoms with van der Waals surface area (Å²) in [5, 5.41) is 4.75. The molecule has 1 N–H and O–H groups in total. The summed E-state index contributed by atoms with van der Waals surface area (Å²) in [6, 6.07) is 9.08. The van der Waals surface area contributed by atoms with Gasteiger partial charge in [0.2, 0.25) is 0 Å². The monoisotopic (exact) mass is 282 g/mol. The molecular weight excluding hydrogens is 260 g/mol. The molecule has 4 heteroatoms. The first-order valence-corrected chi connectivity index (χ1v) is 6.52. The van der Waals surface area contributed by atoms with Crippen LogP contribution in [-0.2, 0) is 11.3 Å². The quantitative estimate of drug-likeness (QED) is 0.822. The first kappa shape index (κ1) is 16.0. The smallest absolute Gasteiger partial charge is 0.0587 e. The van der Waals surface area contributed by atoms with E-state index in [1.165, 1.54) is 16.5 Å². The third kappa shape index (κ3) is 3.72. The Morgan fingerprint density at radius 3 is 2.68 bits per heavy atom. The minimum atomic E-state index is 0. The lowest BCUT2D eigenvalue weighted by Gasteiger charge is -2.08. The lowest BCUT2D eigenvalue weighted by molar-refractivity contribution is 0.199. The van der Waals surface area contributed by atoms with Gasteiger partial charge in [-0.2, -0.15) is 0 Å². The normalized spacial score (nSPS) is 10.9. The molecule has 3 nitrogen and oxygen atoms in total. The molecule has 0 aliphatic heterocycles. The molecule has 0 saturated heterocycles. The van der Waals surface area contributed by atoms with Crippen LogP contribution in [0, 0.1) is 0 Å². The zero-order chi connectivity index (χ0) is 13.0. The van der Waals surface area contributed by atoms with Crippen LogP contribution in [0.3, 0.4) is 0 Å². The molecule has 0 aliphatic rings. The first-order valence-electron chi connectivity index (χ1n) is 6.52. The van der Waals surface area contributed by atoms with E-state index in [0.717, 1.165) is 19.7 Å². The third-order valence-electron chi connectivity index (χ3n) is 3.18. The second-order valence-electron chi connectivity index (χ2n) is 4.84. The Bertz CT molecular complexity index is 508. The van der Waals surface area contributed by atoms with Crippen molar-refractivity contribution in [2.75, 3.05) is 20.3 Å². The van der Waals surface area contributed by atoms with Crippen molar-refractivity contribution in [3.63, 3.8) is 0 Å². The standard InChI is InChI=1S/C15H22N2O.ClH/c1-12(2)17-11-13(10-16-8-9-18-3)14-6-4-5-7-15(14)17;/h4-7,11-12,16H,8-10H2,1-3H3;1H. The van der Waals surface area contributed by atoms with Crippen LogP contribution < -0.4 is 5.32 Å². The van der Waals surface area contributed by atoms with Gasteiger partial charge in [0.1, 0.15) is 0 Å². The SMILES string of the molecule is COCCNCc1cn(C(C)C)c2ccccc12.Cl. The number of fused-ring (bicyclic) bond motifs is 1. The average Bonchev–Trinajstić information content (AvgIpc) is 2.74. The number of hydrogen-bond acceptors (Lipinski definition) is 2. The maximum absolute atomic E-state index is 5.04. The molecule has 0 unspecified atom stereocenters. The fourth-order valence-electron chi connectivity index (χ4n) is 2.24. The van der Waals surface area contributed by atoms with Crippen LogP contribution in [-0.4, -0.2) is 24.8 Å². The van der Waals surface area contributed by atoms with E-state index in [1.807, 2.05) is 0 Å². The molecule has 0 atom stereocenters. The molecular formula is C15H23ClN2O. The number of para-hydroxylation sites is 1. The Hall–Kier alpha value is -1.03. The van der Waals surface area contributed by atoms with Gasteiger partial charge in [0.15, 0.2) is 0 Å². The lowest BCUT2D eigenvalue weighted by Crippen LogP contribution is -2.18. The summed E-state index contributed by atoms with van der Waals surface area (Å²) in [4.78, 5) is 0. The van der Waals surface area contributed by atoms with Gasteiger partial charge >= 0.3 is 0 Å². The van der Waals surface area contributed by atoms with Crippen LogP contribution in [0.25, 0.3) is 10.9 Å². The number of nitrogens with one attached hydrogen (secondary N) is 1. The van der Waals surface area contributed by atoms with Crippen LogP contribution in [0.4, 0.5) is 0 Å². The van der Waals surface area contributed by atoms with E-state index in [9.17, 15) is 0 Å². The van der Waals surface area contributed by atoms with Gasteiger partial charge in [-0.15, -0.1) is 12.4 Å². The summed E-state index contributed by atoms with van der Waals surface area (Å²) >= 11 is 0. The minimum Gasteiger partial charge on any atom is -0.383 e. The van der Waals surface area contributed by atoms with Crippen LogP contribution >= 0.6 is 12.4 Å². The number of nitrogens with zero attached hydrogens (tertiary/aromatic N) is 1. The van der Waals surface area contributed by atoms with Crippen LogP contribution in [0.2, 0.25) is 0 Å². The average molecular weight is 283 g/mol. The zero-order valence-electron chi connectivity index (χ0n) is 11.8. The van der Waals surface area contributed by atoms with Gasteiger partial charge in [-0.3, -0.25) is 0 Å². The van der Waals surface area contributed by atoms with Gasteiger partial charge in [-0.05, 0) is 25.5 Å². The van der Waals surface area contributed by atoms with E-state index in [4.69, 9.17) is 4.74 Å². The lowest BCUT2D eigenvalue weighted by atomic mass is 10.2. The van der Waals surface area contributed by atoms with E-state index in [2.05, 4.69) is 54.2 Å². The molecule has 2 rings (SSSR count). The highest BCUT2D eigenvalue weighted by Crippen LogP contribution is 2.24. The van der Waals surface area contributed by atoms with Crippen molar-refractivity contribution in [3.8, 4) is 0 Å². The van der Waals surface area contributed by atoms with Crippen molar-refractivity contribution in [3.05, 3.63) is 36.0 Å². The maximum Gasteiger partial charge on any atom is 0.0587 e. The molecule has 1 aromatic heterocycles. The summed E-state index contributed by atoms with van der Waals surface area (Å²) in [5.74, 6) is 0. The largest absolute Gasteiger partial charge is 0.383 e. The summed E-state index contributed by atoms with van der Waals surface area (Å²) in [6.07, 6.45) is 2.26. The molecule has 1 aromatic carbocycles. The Kier molecular flexibility index (Phi) is 6.35. The van der Waals surface area contributed by atoms with Gasteiger partial charge in [0.05, 0.1) is 6.61 Å². The molecule has 2 aromatic rings. The van der Waals surface area contributed by atoms with Crippen molar-refractivity contribution < 1.29 is 4.74 Å². The molecule has 0 aliphatic carbocycles. The highest BCUT2D eigenvalue weighted by atomic mass is 35.5. The van der Waals surface area contributed by atoms with Gasteiger partial charge < -0.3 is 14.6 Å². The molecule has 0 radical (unpaired) electrons. The van der Waals surface area contributed by atoms with E-state index < -0.39 is 0 Å². The second-order valence-corrected chi connectivity index (χ2v) is 4.84. The van der Waals surface area contributed by atoms with Crippen LogP contribution in [0.1, 0.15) is 25.5 Å². The van der Waals surface area contributed by atoms with Gasteiger partial charge in [-0.1, -0.05) is 18.2 Å². The number of halogens is 1. The van der Waals surface area contributed by atoms with E-state index in [1.54, 1.807) is 7.11 Å². The van der Waals surface area contributed by atoms with Crippen molar-refractivity contribution in [2.45, 2.75) is 26.4 Å². The van der Waals surface area contributed by atoms with E-state index in [-0.39, 0.29) is 12.4 Å². The number of methoxy groups -OCH3 is 1. The molecule has 106 valence electrons. The summed E-state index contributed by atoms with van der Waals surface area (Å²) in [7, 11) is 1.73. The topological polar surface area (TPSA) is 26.2 Å². The fourth-order valence-corrected chi connectivity index (χ4v) is 2.24. The number of rotatable bonds is 6. The number of hydrogen-bond donors (Lipinski definition) is 1. The second kappa shape index (κ2) is 7.53. The highest BCUT2D eigenvalue weighted by molar-refractivity contribution is 5.85. The predicted octanol–water partition coefficient (Wildman–Crippen LogP) is 3.38. The van der Waals surface area contributed by atoms with Crippen LogP contribution in [0.15, 0.2) is 30.5 Å². The predicted molar refractivity (Wildman–Crippen MR) is 83.2 cm³/mol. The molecule has 0 fully saturated rings. The summed E-state index contributed by atoms with van der Waals surface area (Å²) in [5.41, 5.74) is 2.67. The molecule has 0 amide bonds.